The van der Waals surface area contributed by atoms with E-state index in [0.717, 1.165) is 4.90 Å². The first-order valence-corrected chi connectivity index (χ1v) is 11.8. The number of hydrogen-bond donors (Lipinski definition) is 1. The number of benzene rings is 3. The quantitative estimate of drug-likeness (QED) is 0.138. The second-order valence-corrected chi connectivity index (χ2v) is 8.89. The van der Waals surface area contributed by atoms with E-state index < -0.39 is 22.6 Å². The van der Waals surface area contributed by atoms with E-state index in [9.17, 15) is 24.1 Å². The molecular formula is C25H17BrFN3O6S. The summed E-state index contributed by atoms with van der Waals surface area (Å²) in [7, 11) is 1.41. The average molecular weight is 586 g/mol. The monoisotopic (exact) mass is 585 g/mol. The van der Waals surface area contributed by atoms with E-state index in [1.165, 1.54) is 43.5 Å². The van der Waals surface area contributed by atoms with Gasteiger partial charge in [0, 0.05) is 16.6 Å². The summed E-state index contributed by atoms with van der Waals surface area (Å²) in [5.41, 5.74) is 0.553. The van der Waals surface area contributed by atoms with Gasteiger partial charge in [-0.1, -0.05) is 40.2 Å². The highest BCUT2D eigenvalue weighted by Gasteiger charge is 2.35. The molecule has 2 amide bonds. The highest BCUT2D eigenvalue weighted by atomic mass is 79.9. The number of hydrogen-bond acceptors (Lipinski definition) is 7. The molecule has 1 aliphatic rings. The molecule has 0 saturated carbocycles. The third-order valence-corrected chi connectivity index (χ3v) is 6.26. The number of thiocarbonyl (C=S) groups is 1. The van der Waals surface area contributed by atoms with Gasteiger partial charge in [0.25, 0.3) is 17.5 Å². The summed E-state index contributed by atoms with van der Waals surface area (Å²) in [6.07, 6.45) is 1.32. The van der Waals surface area contributed by atoms with Crippen LogP contribution in [0.3, 0.4) is 0 Å². The molecule has 1 saturated heterocycles. The van der Waals surface area contributed by atoms with Crippen LogP contribution in [0.5, 0.6) is 11.5 Å². The van der Waals surface area contributed by atoms with E-state index in [4.69, 9.17) is 21.7 Å². The summed E-state index contributed by atoms with van der Waals surface area (Å²) in [6.45, 7) is 0.0286. The van der Waals surface area contributed by atoms with E-state index >= 15 is 0 Å². The zero-order valence-corrected chi connectivity index (χ0v) is 21.5. The lowest BCUT2D eigenvalue weighted by Crippen LogP contribution is -2.54. The normalized spacial score (nSPS) is 14.5. The highest BCUT2D eigenvalue weighted by Crippen LogP contribution is 2.36. The number of methoxy groups -OCH3 is 1. The van der Waals surface area contributed by atoms with Crippen LogP contribution < -0.4 is 19.7 Å². The first-order chi connectivity index (χ1) is 17.7. The lowest BCUT2D eigenvalue weighted by molar-refractivity contribution is -0.384. The molecule has 4 rings (SSSR count). The molecule has 1 fully saturated rings. The summed E-state index contributed by atoms with van der Waals surface area (Å²) in [4.78, 5) is 37.2. The minimum absolute atomic E-state index is 0.0286. The van der Waals surface area contributed by atoms with Gasteiger partial charge in [0.2, 0.25) is 0 Å². The van der Waals surface area contributed by atoms with Crippen molar-refractivity contribution >= 4 is 62.5 Å². The number of nitrogens with zero attached hydrogens (tertiary/aromatic N) is 2. The van der Waals surface area contributed by atoms with Gasteiger partial charge in [-0.2, -0.15) is 0 Å². The van der Waals surface area contributed by atoms with E-state index in [-0.39, 0.29) is 34.4 Å². The first kappa shape index (κ1) is 25.9. The molecule has 0 bridgehead atoms. The number of amides is 2. The van der Waals surface area contributed by atoms with Crippen molar-refractivity contribution in [3.63, 3.8) is 0 Å². The van der Waals surface area contributed by atoms with Gasteiger partial charge >= 0.3 is 0 Å². The maximum atomic E-state index is 14.4. The Labute approximate surface area is 223 Å². The number of nitro groups is 1. The Hall–Kier alpha value is -4.16. The van der Waals surface area contributed by atoms with Crippen molar-refractivity contribution in [1.29, 1.82) is 0 Å². The number of non-ortho nitro benzene ring substituents is 1. The predicted molar refractivity (Wildman–Crippen MR) is 141 cm³/mol. The molecule has 0 aliphatic carbocycles. The Kier molecular flexibility index (Phi) is 7.60. The lowest BCUT2D eigenvalue weighted by atomic mass is 10.1. The second-order valence-electron chi connectivity index (χ2n) is 7.65. The van der Waals surface area contributed by atoms with Crippen molar-refractivity contribution in [1.82, 2.24) is 5.32 Å². The minimum atomic E-state index is -0.796. The van der Waals surface area contributed by atoms with Crippen molar-refractivity contribution in [3.8, 4) is 11.5 Å². The van der Waals surface area contributed by atoms with Crippen molar-refractivity contribution in [2.75, 3.05) is 12.0 Å². The molecule has 0 unspecified atom stereocenters. The van der Waals surface area contributed by atoms with Crippen molar-refractivity contribution in [3.05, 3.63) is 97.8 Å². The lowest BCUT2D eigenvalue weighted by Gasteiger charge is -2.29. The molecule has 12 heteroatoms. The van der Waals surface area contributed by atoms with Crippen LogP contribution in [0.15, 0.2) is 70.7 Å². The van der Waals surface area contributed by atoms with Crippen LogP contribution in [-0.2, 0) is 16.2 Å². The summed E-state index contributed by atoms with van der Waals surface area (Å²) in [5, 5.41) is 13.2. The number of carbonyl (C=O) groups excluding carboxylic acids is 2. The zero-order valence-electron chi connectivity index (χ0n) is 19.1. The fourth-order valence-electron chi connectivity index (χ4n) is 3.52. The fourth-order valence-corrected chi connectivity index (χ4v) is 4.23. The number of anilines is 1. The Balaban J connectivity index is 1.64. The summed E-state index contributed by atoms with van der Waals surface area (Å²) in [5.74, 6) is -1.61. The molecule has 9 nitrogen and oxygen atoms in total. The average Bonchev–Trinajstić information content (AvgIpc) is 2.87. The molecule has 0 spiro atoms. The zero-order chi connectivity index (χ0) is 26.7. The highest BCUT2D eigenvalue weighted by molar-refractivity contribution is 9.10. The Morgan fingerprint density at radius 1 is 1.14 bits per heavy atom. The second kappa shape index (κ2) is 10.8. The summed E-state index contributed by atoms with van der Waals surface area (Å²) in [6, 6.07) is 14.7. The molecule has 37 heavy (non-hydrogen) atoms. The van der Waals surface area contributed by atoms with Gasteiger partial charge in [-0.15, -0.1) is 0 Å². The standard InChI is InChI=1S/C25H17BrFN3O6S/c1-35-21-11-15(18(26)12-22(21)36-13-14-5-4-6-16(9-14)30(33)34)10-17-23(31)28-25(37)29(24(17)32)20-8-3-2-7-19(20)27/h2-12H,13H2,1H3,(H,28,31,37)/b17-10+. The minimum Gasteiger partial charge on any atom is -0.493 e. The SMILES string of the molecule is COc1cc(/C=C2\C(=O)NC(=S)N(c3ccccc3F)C2=O)c(Br)cc1OCc1cccc([N+](=O)[O-])c1. The topological polar surface area (TPSA) is 111 Å². The van der Waals surface area contributed by atoms with Crippen LogP contribution in [0, 0.1) is 15.9 Å². The molecule has 0 radical (unpaired) electrons. The number of halogens is 2. The van der Waals surface area contributed by atoms with Crippen LogP contribution in [0.4, 0.5) is 15.8 Å². The summed E-state index contributed by atoms with van der Waals surface area (Å²) >= 11 is 8.52. The predicted octanol–water partition coefficient (Wildman–Crippen LogP) is 4.92. The number of para-hydroxylation sites is 1. The number of nitro benzene ring substituents is 1. The molecule has 1 N–H and O–H groups in total. The molecular weight excluding hydrogens is 569 g/mol. The Morgan fingerprint density at radius 2 is 1.89 bits per heavy atom. The van der Waals surface area contributed by atoms with Gasteiger partial charge in [-0.3, -0.25) is 25.0 Å². The van der Waals surface area contributed by atoms with E-state index in [2.05, 4.69) is 21.2 Å². The Bertz CT molecular complexity index is 1480. The molecule has 188 valence electrons. The van der Waals surface area contributed by atoms with Gasteiger partial charge in [0.15, 0.2) is 16.6 Å². The fraction of sp³-hybridized carbons (Fsp3) is 0.0800. The summed E-state index contributed by atoms with van der Waals surface area (Å²) < 4.78 is 26.1. The first-order valence-electron chi connectivity index (χ1n) is 10.6. The Morgan fingerprint density at radius 3 is 2.59 bits per heavy atom. The molecule has 1 heterocycles. The van der Waals surface area contributed by atoms with Crippen LogP contribution in [0.1, 0.15) is 11.1 Å². The molecule has 3 aromatic carbocycles. The number of ether oxygens (including phenoxy) is 2. The third-order valence-electron chi connectivity index (χ3n) is 5.29. The molecule has 1 aliphatic heterocycles. The maximum absolute atomic E-state index is 14.4. The van der Waals surface area contributed by atoms with Crippen LogP contribution in [0.2, 0.25) is 0 Å². The molecule has 0 atom stereocenters. The van der Waals surface area contributed by atoms with Crippen molar-refractivity contribution in [2.24, 2.45) is 0 Å². The third kappa shape index (κ3) is 5.49. The van der Waals surface area contributed by atoms with E-state index in [0.29, 0.717) is 21.3 Å². The number of carbonyl (C=O) groups is 2. The van der Waals surface area contributed by atoms with E-state index in [1.807, 2.05) is 0 Å². The molecule has 0 aromatic heterocycles. The molecule has 3 aromatic rings. The smallest absolute Gasteiger partial charge is 0.270 e. The maximum Gasteiger partial charge on any atom is 0.270 e. The van der Waals surface area contributed by atoms with Crippen molar-refractivity contribution < 1.29 is 28.4 Å². The van der Waals surface area contributed by atoms with Crippen LogP contribution >= 0.6 is 28.1 Å². The van der Waals surface area contributed by atoms with Crippen molar-refractivity contribution in [2.45, 2.75) is 6.61 Å². The number of nitrogens with one attached hydrogen (secondary N) is 1. The van der Waals surface area contributed by atoms with Gasteiger partial charge in [0.05, 0.1) is 17.7 Å². The van der Waals surface area contributed by atoms with Gasteiger partial charge in [-0.25, -0.2) is 9.29 Å². The van der Waals surface area contributed by atoms with Gasteiger partial charge in [0.1, 0.15) is 18.0 Å². The van der Waals surface area contributed by atoms with Crippen LogP contribution in [-0.4, -0.2) is 29.0 Å². The van der Waals surface area contributed by atoms with Gasteiger partial charge in [-0.05, 0) is 53.7 Å². The van der Waals surface area contributed by atoms with Crippen LogP contribution in [0.25, 0.3) is 6.08 Å². The van der Waals surface area contributed by atoms with Gasteiger partial charge < -0.3 is 9.47 Å². The van der Waals surface area contributed by atoms with E-state index in [1.54, 1.807) is 30.3 Å². The number of rotatable bonds is 7. The largest absolute Gasteiger partial charge is 0.493 e.